The maximum atomic E-state index is 6.78. The fraction of sp³-hybridized carbons (Fsp3) is 1.00. The molecule has 1 nitrogen and oxygen atoms in total. The molecule has 2 aliphatic carbocycles. The van der Waals surface area contributed by atoms with Crippen LogP contribution in [0, 0.1) is 11.3 Å². The second-order valence-corrected chi connectivity index (χ2v) is 7.12. The molecular formula is C15H29N. The van der Waals surface area contributed by atoms with E-state index >= 15 is 0 Å². The van der Waals surface area contributed by atoms with Gasteiger partial charge in [-0.1, -0.05) is 46.0 Å². The van der Waals surface area contributed by atoms with Crippen molar-refractivity contribution >= 4 is 0 Å². The van der Waals surface area contributed by atoms with Gasteiger partial charge in [0, 0.05) is 5.54 Å². The zero-order valence-electron chi connectivity index (χ0n) is 11.2. The first-order valence-corrected chi connectivity index (χ1v) is 7.31. The fourth-order valence-corrected chi connectivity index (χ4v) is 4.17. The van der Waals surface area contributed by atoms with Crippen molar-refractivity contribution in [1.82, 2.24) is 0 Å². The smallest absolute Gasteiger partial charge is 0.0187 e. The minimum Gasteiger partial charge on any atom is -0.325 e. The fourth-order valence-electron chi connectivity index (χ4n) is 4.17. The molecule has 2 fully saturated rings. The van der Waals surface area contributed by atoms with Crippen molar-refractivity contribution in [3.63, 3.8) is 0 Å². The third-order valence-corrected chi connectivity index (χ3v) is 4.97. The molecule has 2 rings (SSSR count). The lowest BCUT2D eigenvalue weighted by atomic mass is 9.62. The van der Waals surface area contributed by atoms with Gasteiger partial charge in [0.05, 0.1) is 0 Å². The van der Waals surface area contributed by atoms with Crippen molar-refractivity contribution in [3.8, 4) is 0 Å². The zero-order valence-corrected chi connectivity index (χ0v) is 11.2. The summed E-state index contributed by atoms with van der Waals surface area (Å²) in [5.74, 6) is 0.814. The third-order valence-electron chi connectivity index (χ3n) is 4.97. The molecule has 0 amide bonds. The molecule has 0 saturated heterocycles. The van der Waals surface area contributed by atoms with Gasteiger partial charge in [-0.05, 0) is 43.4 Å². The summed E-state index contributed by atoms with van der Waals surface area (Å²) in [4.78, 5) is 0. The lowest BCUT2D eigenvalue weighted by Crippen LogP contribution is -2.52. The van der Waals surface area contributed by atoms with E-state index in [-0.39, 0.29) is 5.54 Å². The summed E-state index contributed by atoms with van der Waals surface area (Å²) < 4.78 is 0. The maximum Gasteiger partial charge on any atom is 0.0187 e. The molecule has 0 aromatic carbocycles. The molecule has 94 valence electrons. The number of nitrogens with two attached hydrogens (primary N) is 1. The predicted octanol–water partition coefficient (Wildman–Crippen LogP) is 4.25. The van der Waals surface area contributed by atoms with Gasteiger partial charge >= 0.3 is 0 Å². The molecule has 0 radical (unpaired) electrons. The van der Waals surface area contributed by atoms with Gasteiger partial charge in [-0.2, -0.15) is 0 Å². The van der Waals surface area contributed by atoms with Crippen LogP contribution in [0.25, 0.3) is 0 Å². The lowest BCUT2D eigenvalue weighted by Gasteiger charge is -2.47. The van der Waals surface area contributed by atoms with E-state index in [2.05, 4.69) is 13.8 Å². The Hall–Kier alpha value is -0.0400. The van der Waals surface area contributed by atoms with Crippen LogP contribution in [-0.4, -0.2) is 5.54 Å². The predicted molar refractivity (Wildman–Crippen MR) is 70.4 cm³/mol. The molecular weight excluding hydrogens is 194 g/mol. The summed E-state index contributed by atoms with van der Waals surface area (Å²) in [5.41, 5.74) is 7.44. The van der Waals surface area contributed by atoms with Crippen LogP contribution in [0.5, 0.6) is 0 Å². The van der Waals surface area contributed by atoms with Gasteiger partial charge in [0.15, 0.2) is 0 Å². The van der Waals surface area contributed by atoms with Gasteiger partial charge < -0.3 is 5.73 Å². The van der Waals surface area contributed by atoms with E-state index in [1.807, 2.05) is 0 Å². The average Bonchev–Trinajstić information content (AvgIpc) is 2.43. The molecule has 16 heavy (non-hydrogen) atoms. The van der Waals surface area contributed by atoms with Crippen molar-refractivity contribution in [2.24, 2.45) is 17.1 Å². The Balaban J connectivity index is 2.04. The third kappa shape index (κ3) is 2.80. The Kier molecular flexibility index (Phi) is 3.63. The summed E-state index contributed by atoms with van der Waals surface area (Å²) in [6, 6.07) is 0. The van der Waals surface area contributed by atoms with Crippen LogP contribution in [0.3, 0.4) is 0 Å². The Morgan fingerprint density at radius 1 is 0.875 bits per heavy atom. The van der Waals surface area contributed by atoms with E-state index in [1.165, 1.54) is 64.2 Å². The highest BCUT2D eigenvalue weighted by Gasteiger charge is 2.42. The summed E-state index contributed by atoms with van der Waals surface area (Å²) in [7, 11) is 0. The highest BCUT2D eigenvalue weighted by atomic mass is 14.8. The molecule has 0 heterocycles. The van der Waals surface area contributed by atoms with Gasteiger partial charge in [-0.25, -0.2) is 0 Å². The Labute approximate surface area is 101 Å². The van der Waals surface area contributed by atoms with Gasteiger partial charge in [0.25, 0.3) is 0 Å². The van der Waals surface area contributed by atoms with Crippen LogP contribution >= 0.6 is 0 Å². The van der Waals surface area contributed by atoms with Gasteiger partial charge in [-0.3, -0.25) is 0 Å². The number of hydrogen-bond acceptors (Lipinski definition) is 1. The minimum atomic E-state index is 0.173. The molecule has 2 saturated carbocycles. The lowest BCUT2D eigenvalue weighted by molar-refractivity contribution is 0.0932. The summed E-state index contributed by atoms with van der Waals surface area (Å²) in [6.45, 7) is 4.81. The van der Waals surface area contributed by atoms with E-state index in [9.17, 15) is 0 Å². The van der Waals surface area contributed by atoms with Crippen molar-refractivity contribution in [2.75, 3.05) is 0 Å². The largest absolute Gasteiger partial charge is 0.325 e. The van der Waals surface area contributed by atoms with Crippen molar-refractivity contribution in [3.05, 3.63) is 0 Å². The normalized spacial score (nSPS) is 36.9. The van der Waals surface area contributed by atoms with E-state index in [4.69, 9.17) is 5.73 Å². The number of hydrogen-bond donors (Lipinski definition) is 1. The molecule has 0 aromatic heterocycles. The highest BCUT2D eigenvalue weighted by molar-refractivity contribution is 4.99. The second-order valence-electron chi connectivity index (χ2n) is 7.12. The van der Waals surface area contributed by atoms with Crippen LogP contribution in [0.4, 0.5) is 0 Å². The summed E-state index contributed by atoms with van der Waals surface area (Å²) in [5, 5.41) is 0. The SMILES string of the molecule is CC1(C)CCCC(N)(C2CCCCCC2)C1. The van der Waals surface area contributed by atoms with Crippen LogP contribution < -0.4 is 5.73 Å². The molecule has 1 heteroatoms. The molecule has 0 spiro atoms. The minimum absolute atomic E-state index is 0.173. The average molecular weight is 223 g/mol. The van der Waals surface area contributed by atoms with Crippen molar-refractivity contribution in [2.45, 2.75) is 83.6 Å². The molecule has 0 bridgehead atoms. The Morgan fingerprint density at radius 3 is 2.06 bits per heavy atom. The molecule has 0 aliphatic heterocycles. The zero-order chi connectivity index (χ0) is 11.6. The number of rotatable bonds is 1. The van der Waals surface area contributed by atoms with E-state index in [0.29, 0.717) is 5.41 Å². The monoisotopic (exact) mass is 223 g/mol. The first-order chi connectivity index (χ1) is 7.52. The van der Waals surface area contributed by atoms with Crippen molar-refractivity contribution in [1.29, 1.82) is 0 Å². The van der Waals surface area contributed by atoms with Crippen LogP contribution in [0.1, 0.15) is 78.1 Å². The first-order valence-electron chi connectivity index (χ1n) is 7.31. The Morgan fingerprint density at radius 2 is 1.50 bits per heavy atom. The standard InChI is InChI=1S/C15H29N/c1-14(2)10-7-11-15(16,12-14)13-8-5-3-4-6-9-13/h13H,3-12,16H2,1-2H3. The molecule has 0 aromatic rings. The van der Waals surface area contributed by atoms with E-state index < -0.39 is 0 Å². The molecule has 2 N–H and O–H groups in total. The summed E-state index contributed by atoms with van der Waals surface area (Å²) >= 11 is 0. The van der Waals surface area contributed by atoms with Crippen LogP contribution in [0.15, 0.2) is 0 Å². The molecule has 1 atom stereocenters. The maximum absolute atomic E-state index is 6.78. The summed E-state index contributed by atoms with van der Waals surface area (Å²) in [6.07, 6.45) is 13.8. The van der Waals surface area contributed by atoms with Crippen LogP contribution in [0.2, 0.25) is 0 Å². The van der Waals surface area contributed by atoms with Gasteiger partial charge in [0.1, 0.15) is 0 Å². The molecule has 1 unspecified atom stereocenters. The van der Waals surface area contributed by atoms with E-state index in [0.717, 1.165) is 5.92 Å². The highest BCUT2D eigenvalue weighted by Crippen LogP contribution is 2.46. The van der Waals surface area contributed by atoms with Gasteiger partial charge in [0.2, 0.25) is 0 Å². The first kappa shape index (κ1) is 12.4. The van der Waals surface area contributed by atoms with E-state index in [1.54, 1.807) is 0 Å². The second kappa shape index (κ2) is 4.68. The topological polar surface area (TPSA) is 26.0 Å². The molecule has 2 aliphatic rings. The van der Waals surface area contributed by atoms with Crippen LogP contribution in [-0.2, 0) is 0 Å². The quantitative estimate of drug-likeness (QED) is 0.661. The van der Waals surface area contributed by atoms with Crippen molar-refractivity contribution < 1.29 is 0 Å². The Bertz CT molecular complexity index is 226. The van der Waals surface area contributed by atoms with Gasteiger partial charge in [-0.15, -0.1) is 0 Å².